The minimum absolute atomic E-state index is 0. The fraction of sp³-hybridized carbons (Fsp3) is 0.0600. The Morgan fingerprint density at radius 2 is 1.38 bits per heavy atom. The van der Waals surface area contributed by atoms with Crippen LogP contribution in [0.2, 0.25) is 17.3 Å². The maximum Gasteiger partial charge on any atom is 0.114 e. The molecular formula is C50H36GeIrN4OS-2. The summed E-state index contributed by atoms with van der Waals surface area (Å²) in [5.41, 5.74) is 10.0. The van der Waals surface area contributed by atoms with Gasteiger partial charge < -0.3 is 4.57 Å². The Morgan fingerprint density at radius 3 is 2.17 bits per heavy atom. The van der Waals surface area contributed by atoms with Crippen LogP contribution in [0.15, 0.2) is 168 Å². The number of thiophene rings is 1. The van der Waals surface area contributed by atoms with Crippen LogP contribution in [0.25, 0.3) is 92.9 Å². The van der Waals surface area contributed by atoms with E-state index in [0.717, 1.165) is 87.5 Å². The molecule has 8 heteroatoms. The van der Waals surface area contributed by atoms with Crippen molar-refractivity contribution in [2.24, 2.45) is 0 Å². The largest absolute Gasteiger partial charge is 0.333 e. The molecule has 5 heterocycles. The van der Waals surface area contributed by atoms with Crippen LogP contribution in [0.3, 0.4) is 0 Å². The summed E-state index contributed by atoms with van der Waals surface area (Å²) in [6.45, 7) is 0. The quantitative estimate of drug-likeness (QED) is 0.127. The first-order valence-electron chi connectivity index (χ1n) is 19.0. The molecule has 58 heavy (non-hydrogen) atoms. The fourth-order valence-corrected chi connectivity index (χ4v) is 10.7. The maximum atomic E-state index is 5.86. The van der Waals surface area contributed by atoms with E-state index in [2.05, 4.69) is 136 Å². The monoisotopic (exact) mass is 1010 g/mol. The van der Waals surface area contributed by atoms with Gasteiger partial charge in [-0.3, -0.25) is 4.98 Å². The molecule has 283 valence electrons. The van der Waals surface area contributed by atoms with Crippen LogP contribution in [0.4, 0.5) is 0 Å². The normalized spacial score (nSPS) is 11.6. The molecule has 0 fully saturated rings. The number of pyridine rings is 2. The van der Waals surface area contributed by atoms with E-state index in [9.17, 15) is 0 Å². The standard InChI is InChI=1S/C30H18N3S.C20H18GeNO.Ir/c1-3-10-20(11-4-1)25-19-18-23-22-14-9-15-24(28(22)34-30(23)32-25)29-31-26-16-7-8-17-27(26)33(29)21-12-5-2-6-13-21;1-21(2,3)15-9-10-18(22-13-15)14-8-11-20-17(12-14)16-6-4-5-7-19(16)23-20;/h1-14,16-19H;4-7,9-13H,1-3H3;/q2*-1;. The van der Waals surface area contributed by atoms with Gasteiger partial charge in [0, 0.05) is 31.4 Å². The Labute approximate surface area is 356 Å². The molecule has 0 aliphatic rings. The second-order valence-electron chi connectivity index (χ2n) is 15.1. The molecule has 0 spiro atoms. The van der Waals surface area contributed by atoms with Crippen molar-refractivity contribution in [2.75, 3.05) is 0 Å². The van der Waals surface area contributed by atoms with E-state index >= 15 is 0 Å². The second kappa shape index (κ2) is 15.6. The predicted molar refractivity (Wildman–Crippen MR) is 240 cm³/mol. The van der Waals surface area contributed by atoms with Crippen molar-refractivity contribution in [2.45, 2.75) is 17.3 Å². The molecule has 0 saturated heterocycles. The Morgan fingerprint density at radius 1 is 0.638 bits per heavy atom. The Hall–Kier alpha value is -5.70. The van der Waals surface area contributed by atoms with Crippen molar-refractivity contribution in [3.8, 4) is 39.6 Å². The number of fused-ring (bicyclic) bond motifs is 7. The van der Waals surface area contributed by atoms with Crippen LogP contribution >= 0.6 is 11.3 Å². The van der Waals surface area contributed by atoms with Crippen LogP contribution in [0.1, 0.15) is 0 Å². The van der Waals surface area contributed by atoms with Gasteiger partial charge in [0.05, 0.1) is 22.6 Å². The molecule has 1 radical (unpaired) electrons. The second-order valence-corrected chi connectivity index (χ2v) is 26.8. The predicted octanol–water partition coefficient (Wildman–Crippen LogP) is 12.9. The first-order valence-corrected chi connectivity index (χ1v) is 27.2. The Balaban J connectivity index is 0.000000159. The van der Waals surface area contributed by atoms with E-state index < -0.39 is 13.3 Å². The fourth-order valence-electron chi connectivity index (χ4n) is 7.40. The summed E-state index contributed by atoms with van der Waals surface area (Å²) in [5.74, 6) is 8.04. The first kappa shape index (κ1) is 37.9. The average Bonchev–Trinajstić information content (AvgIpc) is 3.95. The van der Waals surface area contributed by atoms with E-state index in [4.69, 9.17) is 14.4 Å². The summed E-state index contributed by atoms with van der Waals surface area (Å²) < 4.78 is 10.7. The number of para-hydroxylation sites is 4. The van der Waals surface area contributed by atoms with Crippen molar-refractivity contribution in [1.29, 1.82) is 0 Å². The van der Waals surface area contributed by atoms with Gasteiger partial charge in [-0.15, -0.1) is 18.2 Å². The molecule has 0 amide bonds. The topological polar surface area (TPSA) is 56.7 Å². The van der Waals surface area contributed by atoms with Gasteiger partial charge in [0.15, 0.2) is 0 Å². The summed E-state index contributed by atoms with van der Waals surface area (Å²) in [5, 5.41) is 4.61. The Kier molecular flexibility index (Phi) is 10.2. The third-order valence-electron chi connectivity index (χ3n) is 10.4. The smallest absolute Gasteiger partial charge is 0.114 e. The van der Waals surface area contributed by atoms with Crippen LogP contribution in [-0.4, -0.2) is 32.8 Å². The van der Waals surface area contributed by atoms with Gasteiger partial charge >= 0.3 is 138 Å². The average molecular weight is 1010 g/mol. The zero-order valence-electron chi connectivity index (χ0n) is 32.0. The number of aromatic nitrogens is 4. The molecule has 0 bridgehead atoms. The number of nitrogens with zero attached hydrogens (tertiary/aromatic N) is 4. The van der Waals surface area contributed by atoms with Crippen molar-refractivity contribution < 1.29 is 24.5 Å². The van der Waals surface area contributed by atoms with Crippen molar-refractivity contribution in [3.05, 3.63) is 176 Å². The van der Waals surface area contributed by atoms with E-state index in [1.807, 2.05) is 66.9 Å². The van der Waals surface area contributed by atoms with Crippen LogP contribution < -0.4 is 4.40 Å². The van der Waals surface area contributed by atoms with Crippen LogP contribution in [0.5, 0.6) is 0 Å². The van der Waals surface area contributed by atoms with Gasteiger partial charge in [-0.2, -0.15) is 11.3 Å². The van der Waals surface area contributed by atoms with E-state index in [0.29, 0.717) is 0 Å². The number of hydrogen-bond donors (Lipinski definition) is 0. The van der Waals surface area contributed by atoms with Gasteiger partial charge in [-0.05, 0) is 40.4 Å². The van der Waals surface area contributed by atoms with Gasteiger partial charge in [0.2, 0.25) is 0 Å². The zero-order valence-corrected chi connectivity index (χ0v) is 37.3. The SMILES string of the molecule is [CH3][Ge]([CH3])([CH3])[c]1ccc(-c2[c-]cc3oc4ccccc4c3c2)nc1.[Ir].[c-]1ccc2c(sc3nc(-c4ccccc4)ccc32)c1-c1nc2ccccc2n1-c1ccccc1. The molecule has 0 saturated carbocycles. The number of furan rings is 1. The number of hydrogen-bond acceptors (Lipinski definition) is 5. The summed E-state index contributed by atoms with van der Waals surface area (Å²) >= 11 is -0.103. The molecular weight excluding hydrogens is 969 g/mol. The first-order chi connectivity index (χ1) is 27.9. The molecule has 5 nitrogen and oxygen atoms in total. The molecule has 0 aliphatic carbocycles. The maximum absolute atomic E-state index is 5.86. The van der Waals surface area contributed by atoms with Crippen LogP contribution in [0, 0.1) is 12.1 Å². The molecule has 0 aliphatic heterocycles. The van der Waals surface area contributed by atoms with Gasteiger partial charge in [-0.25, -0.2) is 4.98 Å². The van der Waals surface area contributed by atoms with E-state index in [1.165, 1.54) is 9.78 Å². The minimum Gasteiger partial charge on any atom is -0.333 e. The number of imidazole rings is 1. The van der Waals surface area contributed by atoms with E-state index in [-0.39, 0.29) is 20.1 Å². The number of rotatable bonds is 5. The van der Waals surface area contributed by atoms with Crippen molar-refractivity contribution in [1.82, 2.24) is 19.5 Å². The number of benzene rings is 6. The molecule has 6 aromatic carbocycles. The molecule has 11 rings (SSSR count). The van der Waals surface area contributed by atoms with Gasteiger partial charge in [0.1, 0.15) is 4.83 Å². The molecule has 0 N–H and O–H groups in total. The third-order valence-corrected chi connectivity index (χ3v) is 15.8. The van der Waals surface area contributed by atoms with Crippen molar-refractivity contribution >= 4 is 82.3 Å². The van der Waals surface area contributed by atoms with Gasteiger partial charge in [0.25, 0.3) is 0 Å². The summed E-state index contributed by atoms with van der Waals surface area (Å²) in [6, 6.07) is 60.8. The molecule has 5 aromatic heterocycles. The minimum atomic E-state index is -1.81. The summed E-state index contributed by atoms with van der Waals surface area (Å²) in [4.78, 5) is 15.8. The zero-order chi connectivity index (χ0) is 38.5. The Bertz CT molecular complexity index is 3220. The molecule has 0 atom stereocenters. The molecule has 11 aromatic rings. The van der Waals surface area contributed by atoms with E-state index in [1.54, 1.807) is 11.3 Å². The van der Waals surface area contributed by atoms with Crippen LogP contribution in [-0.2, 0) is 20.1 Å². The van der Waals surface area contributed by atoms with Gasteiger partial charge in [-0.1, -0.05) is 77.7 Å². The summed E-state index contributed by atoms with van der Waals surface area (Å²) in [6.07, 6.45) is 2.04. The summed E-state index contributed by atoms with van der Waals surface area (Å²) in [7, 11) is 0. The molecule has 0 unspecified atom stereocenters. The van der Waals surface area contributed by atoms with Crippen molar-refractivity contribution in [3.63, 3.8) is 0 Å². The third kappa shape index (κ3) is 6.99.